The Morgan fingerprint density at radius 1 is 0.314 bits per heavy atom. The van der Waals surface area contributed by atoms with E-state index in [9.17, 15) is 9.59 Å². The van der Waals surface area contributed by atoms with Crippen molar-refractivity contribution in [2.24, 2.45) is 0 Å². The van der Waals surface area contributed by atoms with Gasteiger partial charge in [-0.25, -0.2) is 0 Å². The van der Waals surface area contributed by atoms with Crippen LogP contribution in [0.5, 0.6) is 0 Å². The molecular formula is C65H100O5. The van der Waals surface area contributed by atoms with Crippen LogP contribution < -0.4 is 0 Å². The molecule has 390 valence electrons. The molecule has 0 bridgehead atoms. The number of allylic oxidation sites excluding steroid dienone is 28. The van der Waals surface area contributed by atoms with Crippen molar-refractivity contribution in [3.63, 3.8) is 0 Å². The minimum Gasteiger partial charge on any atom is -0.462 e. The van der Waals surface area contributed by atoms with Gasteiger partial charge in [-0.1, -0.05) is 229 Å². The van der Waals surface area contributed by atoms with Crippen molar-refractivity contribution in [2.75, 3.05) is 19.8 Å². The van der Waals surface area contributed by atoms with E-state index in [2.05, 4.69) is 185 Å². The minimum atomic E-state index is -0.615. The van der Waals surface area contributed by atoms with Crippen LogP contribution in [-0.4, -0.2) is 37.9 Å². The van der Waals surface area contributed by atoms with Gasteiger partial charge in [0.2, 0.25) is 0 Å². The average Bonchev–Trinajstić information content (AvgIpc) is 3.36. The van der Waals surface area contributed by atoms with Gasteiger partial charge in [0, 0.05) is 19.4 Å². The molecule has 0 rings (SSSR count). The molecular weight excluding hydrogens is 861 g/mol. The summed E-state index contributed by atoms with van der Waals surface area (Å²) >= 11 is 0. The Hall–Kier alpha value is -4.74. The van der Waals surface area contributed by atoms with Crippen LogP contribution in [0, 0.1) is 0 Å². The zero-order valence-corrected chi connectivity index (χ0v) is 44.7. The van der Waals surface area contributed by atoms with E-state index in [-0.39, 0.29) is 31.6 Å². The number of carbonyl (C=O) groups excluding carboxylic acids is 2. The number of unbranched alkanes of at least 4 members (excludes halogenated alkanes) is 9. The topological polar surface area (TPSA) is 61.8 Å². The molecule has 0 aliphatic heterocycles. The third-order valence-corrected chi connectivity index (χ3v) is 10.7. The Labute approximate surface area is 430 Å². The molecule has 5 heteroatoms. The van der Waals surface area contributed by atoms with Crippen molar-refractivity contribution >= 4 is 11.9 Å². The van der Waals surface area contributed by atoms with Gasteiger partial charge in [0.05, 0.1) is 6.61 Å². The molecule has 0 amide bonds. The van der Waals surface area contributed by atoms with E-state index in [1.165, 1.54) is 44.9 Å². The quantitative estimate of drug-likeness (QED) is 0.0345. The van der Waals surface area contributed by atoms with Gasteiger partial charge in [0.1, 0.15) is 6.61 Å². The predicted molar refractivity (Wildman–Crippen MR) is 306 cm³/mol. The monoisotopic (exact) mass is 961 g/mol. The lowest BCUT2D eigenvalue weighted by Crippen LogP contribution is -2.30. The Morgan fingerprint density at radius 2 is 0.629 bits per heavy atom. The molecule has 1 unspecified atom stereocenters. The SMILES string of the molecule is CC/C=C\C/C=C\C/C=C\C/C=C\C/C=C\C/C=C\CCC(=O)OCC(COCCCCCCCCCC/C=C\C/C=C\C/C=C\CC)OC(=O)CCC/C=C\C/C=C\C/C=C\C/C=C\C/C=C\CC. The second-order valence-electron chi connectivity index (χ2n) is 17.3. The fourth-order valence-electron chi connectivity index (χ4n) is 6.76. The van der Waals surface area contributed by atoms with Crippen LogP contribution >= 0.6 is 0 Å². The highest BCUT2D eigenvalue weighted by molar-refractivity contribution is 5.70. The summed E-state index contributed by atoms with van der Waals surface area (Å²) in [6.07, 6.45) is 88.2. The van der Waals surface area contributed by atoms with Crippen molar-refractivity contribution in [3.8, 4) is 0 Å². The van der Waals surface area contributed by atoms with Crippen LogP contribution in [0.25, 0.3) is 0 Å². The van der Waals surface area contributed by atoms with Crippen molar-refractivity contribution in [1.82, 2.24) is 0 Å². The van der Waals surface area contributed by atoms with Gasteiger partial charge in [-0.05, 0) is 128 Å². The zero-order valence-electron chi connectivity index (χ0n) is 44.7. The summed E-state index contributed by atoms with van der Waals surface area (Å²) in [5.41, 5.74) is 0. The van der Waals surface area contributed by atoms with E-state index in [1.54, 1.807) is 0 Å². The summed E-state index contributed by atoms with van der Waals surface area (Å²) in [6.45, 7) is 7.30. The summed E-state index contributed by atoms with van der Waals surface area (Å²) in [7, 11) is 0. The summed E-state index contributed by atoms with van der Waals surface area (Å²) in [6, 6.07) is 0. The van der Waals surface area contributed by atoms with Crippen LogP contribution in [0.15, 0.2) is 170 Å². The smallest absolute Gasteiger partial charge is 0.306 e. The van der Waals surface area contributed by atoms with Crippen molar-refractivity contribution in [3.05, 3.63) is 170 Å². The van der Waals surface area contributed by atoms with E-state index < -0.39 is 6.10 Å². The van der Waals surface area contributed by atoms with Gasteiger partial charge < -0.3 is 14.2 Å². The first-order valence-electron chi connectivity index (χ1n) is 27.7. The summed E-state index contributed by atoms with van der Waals surface area (Å²) in [5.74, 6) is -0.580. The molecule has 0 aromatic carbocycles. The van der Waals surface area contributed by atoms with E-state index in [0.717, 1.165) is 109 Å². The van der Waals surface area contributed by atoms with Gasteiger partial charge in [-0.15, -0.1) is 0 Å². The minimum absolute atomic E-state index is 0.00682. The third kappa shape index (κ3) is 55.9. The maximum absolute atomic E-state index is 12.8. The molecule has 0 saturated heterocycles. The number of carbonyl (C=O) groups is 2. The van der Waals surface area contributed by atoms with Gasteiger partial charge in [0.25, 0.3) is 0 Å². The van der Waals surface area contributed by atoms with E-state index in [0.29, 0.717) is 25.9 Å². The van der Waals surface area contributed by atoms with Crippen LogP contribution in [-0.2, 0) is 23.8 Å². The highest BCUT2D eigenvalue weighted by Crippen LogP contribution is 2.12. The number of ether oxygens (including phenoxy) is 3. The summed E-state index contributed by atoms with van der Waals surface area (Å²) < 4.78 is 17.3. The molecule has 0 radical (unpaired) electrons. The molecule has 0 aliphatic carbocycles. The molecule has 0 saturated carbocycles. The lowest BCUT2D eigenvalue weighted by atomic mass is 10.1. The van der Waals surface area contributed by atoms with Crippen LogP contribution in [0.4, 0.5) is 0 Å². The van der Waals surface area contributed by atoms with Crippen molar-refractivity contribution in [1.29, 1.82) is 0 Å². The zero-order chi connectivity index (χ0) is 50.6. The predicted octanol–water partition coefficient (Wildman–Crippen LogP) is 19.2. The maximum atomic E-state index is 12.8. The highest BCUT2D eigenvalue weighted by atomic mass is 16.6. The van der Waals surface area contributed by atoms with Crippen molar-refractivity contribution < 1.29 is 23.8 Å². The third-order valence-electron chi connectivity index (χ3n) is 10.7. The van der Waals surface area contributed by atoms with Gasteiger partial charge in [-0.2, -0.15) is 0 Å². The standard InChI is InChI=1S/C65H100O5/c1-4-7-10-13-16-19-22-25-28-31-33-35-37-40-43-46-49-52-55-58-64(66)69-62-63(61-68-60-57-54-51-48-45-42-39-36-32-29-26-23-20-17-14-11-8-5-2)70-65(67)59-56-53-50-47-44-41-38-34-30-27-24-21-18-15-12-9-6-3/h7-12,16-21,25-30,33,35,38,40-41,43,47,49-50,52,63H,4-6,13-15,22-24,31-32,34,36-37,39,42,44-46,48,51,53-62H2,1-3H3/b10-7-,11-8-,12-9-,19-16-,20-17-,21-18-,28-25-,29-26-,30-27-,35-33-,41-38-,43-40-,50-47-,52-49-. The largest absolute Gasteiger partial charge is 0.462 e. The molecule has 70 heavy (non-hydrogen) atoms. The second kappa shape index (κ2) is 58.6. The van der Waals surface area contributed by atoms with Gasteiger partial charge in [-0.3, -0.25) is 9.59 Å². The highest BCUT2D eigenvalue weighted by Gasteiger charge is 2.17. The molecule has 0 aromatic rings. The molecule has 0 aromatic heterocycles. The first-order valence-corrected chi connectivity index (χ1v) is 27.7. The molecule has 1 atom stereocenters. The number of rotatable bonds is 48. The second-order valence-corrected chi connectivity index (χ2v) is 17.3. The first-order chi connectivity index (χ1) is 34.6. The van der Waals surface area contributed by atoms with Gasteiger partial charge >= 0.3 is 11.9 Å². The normalized spacial score (nSPS) is 13.6. The molecule has 0 heterocycles. The lowest BCUT2D eigenvalue weighted by Gasteiger charge is -2.18. The average molecular weight is 962 g/mol. The number of hydrogen-bond acceptors (Lipinski definition) is 5. The van der Waals surface area contributed by atoms with Crippen molar-refractivity contribution in [2.45, 2.75) is 207 Å². The Bertz CT molecular complexity index is 1600. The molecule has 0 N–H and O–H groups in total. The lowest BCUT2D eigenvalue weighted by molar-refractivity contribution is -0.162. The fourth-order valence-corrected chi connectivity index (χ4v) is 6.76. The van der Waals surface area contributed by atoms with E-state index in [1.807, 2.05) is 6.08 Å². The number of hydrogen-bond donors (Lipinski definition) is 0. The molecule has 0 spiro atoms. The summed E-state index contributed by atoms with van der Waals surface area (Å²) in [5, 5.41) is 0. The van der Waals surface area contributed by atoms with Crippen LogP contribution in [0.3, 0.4) is 0 Å². The Morgan fingerprint density at radius 3 is 1.01 bits per heavy atom. The van der Waals surface area contributed by atoms with Crippen LogP contribution in [0.1, 0.15) is 201 Å². The Kier molecular flexibility index (Phi) is 54.6. The van der Waals surface area contributed by atoms with E-state index in [4.69, 9.17) is 14.2 Å². The molecule has 0 fully saturated rings. The molecule has 0 aliphatic rings. The van der Waals surface area contributed by atoms with Crippen LogP contribution in [0.2, 0.25) is 0 Å². The Balaban J connectivity index is 4.54. The number of esters is 2. The maximum Gasteiger partial charge on any atom is 0.306 e. The van der Waals surface area contributed by atoms with Gasteiger partial charge in [0.15, 0.2) is 6.10 Å². The van der Waals surface area contributed by atoms with E-state index >= 15 is 0 Å². The fraction of sp³-hybridized carbons (Fsp3) is 0.538. The first kappa shape index (κ1) is 65.3. The summed E-state index contributed by atoms with van der Waals surface area (Å²) in [4.78, 5) is 25.5. The molecule has 5 nitrogen and oxygen atoms in total.